The van der Waals surface area contributed by atoms with Gasteiger partial charge >= 0.3 is 0 Å². The monoisotopic (exact) mass is 280 g/mol. The predicted molar refractivity (Wildman–Crippen MR) is 69.7 cm³/mol. The van der Waals surface area contributed by atoms with Gasteiger partial charge in [-0.3, -0.25) is 18.7 Å². The van der Waals surface area contributed by atoms with Crippen LogP contribution in [-0.2, 0) is 25.4 Å². The summed E-state index contributed by atoms with van der Waals surface area (Å²) >= 11 is 0. The fraction of sp³-hybridized carbons (Fsp3) is 0.455. The average Bonchev–Trinajstić information content (AvgIpc) is 2.81. The highest BCUT2D eigenvalue weighted by Gasteiger charge is 2.13. The molecule has 0 unspecified atom stereocenters. The number of amides is 1. The number of aryl methyl sites for hydroxylation is 2. The zero-order valence-electron chi connectivity index (χ0n) is 11.3. The van der Waals surface area contributed by atoms with Gasteiger partial charge in [-0.15, -0.1) is 0 Å². The second-order valence-electron chi connectivity index (χ2n) is 4.50. The van der Waals surface area contributed by atoms with Crippen LogP contribution >= 0.6 is 0 Å². The normalized spacial score (nSPS) is 12.2. The van der Waals surface area contributed by atoms with Crippen molar-refractivity contribution in [3.05, 3.63) is 22.3 Å². The Bertz CT molecular complexity index is 782. The molecule has 2 rings (SSSR count). The maximum absolute atomic E-state index is 12.3. The Morgan fingerprint density at radius 3 is 2.75 bits per heavy atom. The van der Waals surface area contributed by atoms with Crippen molar-refractivity contribution in [2.45, 2.75) is 19.4 Å². The summed E-state index contributed by atoms with van der Waals surface area (Å²) in [6.45, 7) is 0.463. The van der Waals surface area contributed by atoms with Crippen LogP contribution in [0.25, 0.3) is 11.2 Å². The van der Waals surface area contributed by atoms with Gasteiger partial charge in [-0.25, -0.2) is 4.98 Å². The topological polar surface area (TPSA) is 120 Å². The maximum Gasteiger partial charge on any atom is 0.280 e. The van der Waals surface area contributed by atoms with Gasteiger partial charge in [-0.2, -0.15) is 0 Å². The lowest BCUT2D eigenvalue weighted by Crippen LogP contribution is -2.38. The van der Waals surface area contributed by atoms with Crippen molar-refractivity contribution in [3.8, 4) is 0 Å². The molecule has 2 heterocycles. The molecule has 3 N–H and O–H groups in total. The smallest absolute Gasteiger partial charge is 0.280 e. The van der Waals surface area contributed by atoms with E-state index in [0.29, 0.717) is 24.1 Å². The molecule has 2 aromatic rings. The highest BCUT2D eigenvalue weighted by molar-refractivity contribution is 5.73. The molecule has 0 radical (unpaired) electrons. The molecular formula is C11H16N6O3. The zero-order valence-corrected chi connectivity index (χ0v) is 11.3. The summed E-state index contributed by atoms with van der Waals surface area (Å²) in [6, 6.07) is 0. The Balaban J connectivity index is 2.56. The fourth-order valence-electron chi connectivity index (χ4n) is 2.13. The molecular weight excluding hydrogens is 264 g/mol. The zero-order chi connectivity index (χ0) is 14.9. The van der Waals surface area contributed by atoms with E-state index in [1.807, 2.05) is 0 Å². The molecule has 108 valence electrons. The van der Waals surface area contributed by atoms with Crippen LogP contribution in [0.15, 0.2) is 16.3 Å². The Morgan fingerprint density at radius 1 is 1.45 bits per heavy atom. The number of carbonyl (C=O) groups excluding carboxylic acids is 1. The third-order valence-electron chi connectivity index (χ3n) is 3.15. The lowest BCUT2D eigenvalue weighted by molar-refractivity contribution is -0.118. The van der Waals surface area contributed by atoms with Gasteiger partial charge in [-0.1, -0.05) is 5.16 Å². The summed E-state index contributed by atoms with van der Waals surface area (Å²) in [4.78, 5) is 27.2. The highest BCUT2D eigenvalue weighted by Crippen LogP contribution is 2.06. The van der Waals surface area contributed by atoms with Crippen molar-refractivity contribution in [3.63, 3.8) is 0 Å². The van der Waals surface area contributed by atoms with Gasteiger partial charge in [0.15, 0.2) is 11.2 Å². The van der Waals surface area contributed by atoms with Crippen LogP contribution in [0, 0.1) is 0 Å². The second kappa shape index (κ2) is 5.19. The third kappa shape index (κ3) is 2.17. The van der Waals surface area contributed by atoms with E-state index in [1.165, 1.54) is 22.5 Å². The van der Waals surface area contributed by atoms with E-state index >= 15 is 0 Å². The van der Waals surface area contributed by atoms with E-state index in [-0.39, 0.29) is 23.5 Å². The molecule has 2 aromatic heterocycles. The number of nitrogens with zero attached hydrogens (tertiary/aromatic N) is 5. The number of carbonyl (C=O) groups is 1. The van der Waals surface area contributed by atoms with Crippen LogP contribution in [0.1, 0.15) is 12.8 Å². The van der Waals surface area contributed by atoms with Crippen molar-refractivity contribution in [2.24, 2.45) is 25.0 Å². The molecule has 0 atom stereocenters. The Kier molecular flexibility index (Phi) is 3.59. The number of fused-ring (bicyclic) bond motifs is 1. The molecule has 0 aliphatic carbocycles. The summed E-state index contributed by atoms with van der Waals surface area (Å²) in [6.07, 6.45) is 2.30. The number of hydrogen-bond acceptors (Lipinski definition) is 5. The van der Waals surface area contributed by atoms with E-state index < -0.39 is 0 Å². The van der Waals surface area contributed by atoms with E-state index in [2.05, 4.69) is 10.1 Å². The predicted octanol–water partition coefficient (Wildman–Crippen LogP) is -1.37. The first-order valence-corrected chi connectivity index (χ1v) is 6.04. The number of primary amides is 1. The molecule has 0 saturated carbocycles. The third-order valence-corrected chi connectivity index (χ3v) is 3.15. The quantitative estimate of drug-likeness (QED) is 0.530. The molecule has 0 bridgehead atoms. The van der Waals surface area contributed by atoms with Crippen molar-refractivity contribution < 1.29 is 10.0 Å². The first-order chi connectivity index (χ1) is 9.47. The van der Waals surface area contributed by atoms with Crippen LogP contribution < -0.4 is 16.9 Å². The maximum atomic E-state index is 12.3. The summed E-state index contributed by atoms with van der Waals surface area (Å²) in [5, 5.41) is 12.0. The summed E-state index contributed by atoms with van der Waals surface area (Å²) < 4.78 is 4.41. The van der Waals surface area contributed by atoms with Gasteiger partial charge < -0.3 is 15.5 Å². The molecule has 9 nitrogen and oxygen atoms in total. The Hall–Kier alpha value is -2.58. The largest absolute Gasteiger partial charge is 0.408 e. The minimum atomic E-state index is -0.380. The summed E-state index contributed by atoms with van der Waals surface area (Å²) in [5.41, 5.74) is 5.68. The van der Waals surface area contributed by atoms with E-state index in [1.54, 1.807) is 11.6 Å². The van der Waals surface area contributed by atoms with Crippen LogP contribution in [0.5, 0.6) is 0 Å². The molecule has 0 spiro atoms. The van der Waals surface area contributed by atoms with E-state index in [9.17, 15) is 9.59 Å². The minimum absolute atomic E-state index is 0.102. The second-order valence-corrected chi connectivity index (χ2v) is 4.50. The van der Waals surface area contributed by atoms with Crippen LogP contribution in [0.2, 0.25) is 0 Å². The number of rotatable bonds is 4. The van der Waals surface area contributed by atoms with Gasteiger partial charge in [0.1, 0.15) is 0 Å². The average molecular weight is 280 g/mol. The van der Waals surface area contributed by atoms with Gasteiger partial charge in [0, 0.05) is 27.1 Å². The van der Waals surface area contributed by atoms with Gasteiger partial charge in [0.05, 0.1) is 6.33 Å². The summed E-state index contributed by atoms with van der Waals surface area (Å²) in [7, 11) is 3.16. The van der Waals surface area contributed by atoms with Gasteiger partial charge in [0.25, 0.3) is 11.2 Å². The molecule has 0 aliphatic rings. The number of imidazole rings is 1. The number of aromatic nitrogens is 4. The fourth-order valence-corrected chi connectivity index (χ4v) is 2.13. The molecule has 9 heteroatoms. The van der Waals surface area contributed by atoms with Crippen molar-refractivity contribution >= 4 is 17.1 Å². The summed E-state index contributed by atoms with van der Waals surface area (Å²) in [5.74, 6) is -0.380. The van der Waals surface area contributed by atoms with E-state index in [0.717, 1.165) is 0 Å². The standard InChI is InChI=1S/C11H16N6O3/c1-15-9-8(10(19)16(2)11(15)14-20)17(6-13-9)5-3-4-7(12)18/h6,20H,3-5H2,1-2H3,(H2,12,18). The SMILES string of the molecule is Cn1c(=O)c2c(ncn2CCCC(N)=O)n(C)c1=NO. The number of nitrogens with two attached hydrogens (primary N) is 1. The van der Waals surface area contributed by atoms with Gasteiger partial charge in [0.2, 0.25) is 5.91 Å². The lowest BCUT2D eigenvalue weighted by atomic mass is 10.3. The highest BCUT2D eigenvalue weighted by atomic mass is 16.4. The number of hydrogen-bond donors (Lipinski definition) is 2. The first kappa shape index (κ1) is 13.8. The molecule has 0 aliphatic heterocycles. The molecule has 1 amide bonds. The molecule has 0 fully saturated rings. The van der Waals surface area contributed by atoms with Crippen molar-refractivity contribution in [1.29, 1.82) is 0 Å². The van der Waals surface area contributed by atoms with E-state index in [4.69, 9.17) is 10.9 Å². The molecule has 0 aromatic carbocycles. The van der Waals surface area contributed by atoms with Crippen molar-refractivity contribution in [2.75, 3.05) is 0 Å². The van der Waals surface area contributed by atoms with Gasteiger partial charge in [-0.05, 0) is 6.42 Å². The first-order valence-electron chi connectivity index (χ1n) is 6.04. The molecule has 20 heavy (non-hydrogen) atoms. The Labute approximate surface area is 113 Å². The van der Waals surface area contributed by atoms with Crippen LogP contribution in [-0.4, -0.2) is 29.8 Å². The van der Waals surface area contributed by atoms with Crippen LogP contribution in [0.4, 0.5) is 0 Å². The van der Waals surface area contributed by atoms with Crippen LogP contribution in [0.3, 0.4) is 0 Å². The molecule has 0 saturated heterocycles. The minimum Gasteiger partial charge on any atom is -0.408 e. The van der Waals surface area contributed by atoms with Crippen molar-refractivity contribution in [1.82, 2.24) is 18.7 Å². The lowest BCUT2D eigenvalue weighted by Gasteiger charge is -2.07. The Morgan fingerprint density at radius 2 is 2.15 bits per heavy atom.